The Balaban J connectivity index is 2.29. The van der Waals surface area contributed by atoms with E-state index in [1.165, 1.54) is 13.0 Å². The van der Waals surface area contributed by atoms with Crippen LogP contribution >= 0.6 is 11.6 Å². The topological polar surface area (TPSA) is 69.2 Å². The molecule has 0 amide bonds. The van der Waals surface area contributed by atoms with Crippen molar-refractivity contribution < 1.29 is 9.45 Å². The van der Waals surface area contributed by atoms with Gasteiger partial charge in [-0.1, -0.05) is 35.0 Å². The third-order valence-corrected chi connectivity index (χ3v) is 2.59. The van der Waals surface area contributed by atoms with E-state index in [4.69, 9.17) is 16.1 Å². The Labute approximate surface area is 108 Å². The zero-order chi connectivity index (χ0) is 13.1. The molecule has 0 bridgehead atoms. The van der Waals surface area contributed by atoms with Gasteiger partial charge in [-0.15, -0.1) is 0 Å². The molecule has 0 saturated carbocycles. The van der Waals surface area contributed by atoms with Gasteiger partial charge in [0.1, 0.15) is 0 Å². The van der Waals surface area contributed by atoms with Gasteiger partial charge in [-0.3, -0.25) is 10.1 Å². The van der Waals surface area contributed by atoms with Crippen molar-refractivity contribution >= 4 is 29.4 Å². The minimum atomic E-state index is -0.507. The van der Waals surface area contributed by atoms with Crippen LogP contribution in [0.2, 0.25) is 5.02 Å². The van der Waals surface area contributed by atoms with Crippen LogP contribution < -0.4 is 0 Å². The van der Waals surface area contributed by atoms with E-state index in [0.29, 0.717) is 5.02 Å². The second-order valence-corrected chi connectivity index (χ2v) is 4.06. The van der Waals surface area contributed by atoms with Crippen LogP contribution in [0.5, 0.6) is 0 Å². The third kappa shape index (κ3) is 2.57. The van der Waals surface area contributed by atoms with E-state index in [1.807, 2.05) is 0 Å². The average molecular weight is 265 g/mol. The molecule has 1 aromatic carbocycles. The summed E-state index contributed by atoms with van der Waals surface area (Å²) in [6.45, 7) is 1.53. The van der Waals surface area contributed by atoms with Crippen LogP contribution in [0, 0.1) is 17.0 Å². The minimum absolute atomic E-state index is 0.111. The first-order valence-corrected chi connectivity index (χ1v) is 5.50. The Bertz CT molecular complexity index is 602. The second-order valence-electron chi connectivity index (χ2n) is 3.62. The maximum Gasteiger partial charge on any atom is 0.338 e. The molecule has 0 atom stereocenters. The summed E-state index contributed by atoms with van der Waals surface area (Å²) in [5.74, 6) is 0.132. The fraction of sp³-hybridized carbons (Fsp3) is 0.0833. The molecule has 0 aliphatic carbocycles. The summed E-state index contributed by atoms with van der Waals surface area (Å²) >= 11 is 5.76. The van der Waals surface area contributed by atoms with E-state index >= 15 is 0 Å². The van der Waals surface area contributed by atoms with Crippen LogP contribution in [0.4, 0.5) is 5.69 Å². The average Bonchev–Trinajstić information content (AvgIpc) is 2.70. The van der Waals surface area contributed by atoms with Gasteiger partial charge in [-0.25, -0.2) is 0 Å². The van der Waals surface area contributed by atoms with Crippen molar-refractivity contribution in [2.24, 2.45) is 0 Å². The summed E-state index contributed by atoms with van der Waals surface area (Å²) < 4.78 is 4.90. The van der Waals surface area contributed by atoms with Gasteiger partial charge >= 0.3 is 5.69 Å². The molecule has 0 aliphatic heterocycles. The molecule has 92 valence electrons. The van der Waals surface area contributed by atoms with Gasteiger partial charge in [0.05, 0.1) is 4.92 Å². The number of benzene rings is 1. The van der Waals surface area contributed by atoms with E-state index in [0.717, 1.165) is 5.56 Å². The first-order valence-electron chi connectivity index (χ1n) is 5.12. The lowest BCUT2D eigenvalue weighted by molar-refractivity contribution is -0.386. The number of rotatable bonds is 3. The maximum absolute atomic E-state index is 10.8. The van der Waals surface area contributed by atoms with Gasteiger partial charge in [0.25, 0.3) is 0 Å². The summed E-state index contributed by atoms with van der Waals surface area (Å²) in [5.41, 5.74) is 1.01. The van der Waals surface area contributed by atoms with E-state index in [2.05, 4.69) is 5.16 Å². The zero-order valence-electron chi connectivity index (χ0n) is 9.46. The highest BCUT2D eigenvalue weighted by molar-refractivity contribution is 6.30. The van der Waals surface area contributed by atoms with Crippen LogP contribution in [-0.2, 0) is 0 Å². The Morgan fingerprint density at radius 1 is 1.33 bits per heavy atom. The van der Waals surface area contributed by atoms with E-state index < -0.39 is 4.92 Å². The minimum Gasteiger partial charge on any atom is -0.349 e. The fourth-order valence-electron chi connectivity index (χ4n) is 1.46. The smallest absolute Gasteiger partial charge is 0.338 e. The van der Waals surface area contributed by atoms with Crippen LogP contribution in [0.1, 0.15) is 17.0 Å². The highest BCUT2D eigenvalue weighted by Crippen LogP contribution is 2.24. The molecule has 1 heterocycles. The lowest BCUT2D eigenvalue weighted by Crippen LogP contribution is -1.90. The Kier molecular flexibility index (Phi) is 3.43. The van der Waals surface area contributed by atoms with Crippen LogP contribution in [0.25, 0.3) is 12.2 Å². The molecule has 0 fully saturated rings. The van der Waals surface area contributed by atoms with Crippen molar-refractivity contribution in [1.82, 2.24) is 5.16 Å². The van der Waals surface area contributed by atoms with Gasteiger partial charge in [0.2, 0.25) is 5.76 Å². The van der Waals surface area contributed by atoms with Crippen molar-refractivity contribution in [1.29, 1.82) is 0 Å². The van der Waals surface area contributed by atoms with Crippen molar-refractivity contribution in [3.8, 4) is 0 Å². The molecule has 1 aromatic heterocycles. The van der Waals surface area contributed by atoms with Crippen molar-refractivity contribution in [2.45, 2.75) is 6.92 Å². The highest BCUT2D eigenvalue weighted by atomic mass is 35.5. The lowest BCUT2D eigenvalue weighted by Gasteiger charge is -1.92. The van der Waals surface area contributed by atoms with Crippen molar-refractivity contribution in [2.75, 3.05) is 0 Å². The van der Waals surface area contributed by atoms with Gasteiger partial charge in [-0.2, -0.15) is 0 Å². The van der Waals surface area contributed by atoms with E-state index in [9.17, 15) is 10.1 Å². The van der Waals surface area contributed by atoms with Gasteiger partial charge in [-0.05, 0) is 30.7 Å². The zero-order valence-corrected chi connectivity index (χ0v) is 10.2. The first kappa shape index (κ1) is 12.3. The van der Waals surface area contributed by atoms with Crippen molar-refractivity contribution in [3.63, 3.8) is 0 Å². The number of hydrogen-bond donors (Lipinski definition) is 0. The molecule has 0 N–H and O–H groups in total. The van der Waals surface area contributed by atoms with E-state index in [1.54, 1.807) is 30.3 Å². The number of nitro groups is 1. The molecule has 5 nitrogen and oxygen atoms in total. The lowest BCUT2D eigenvalue weighted by atomic mass is 10.2. The molecule has 18 heavy (non-hydrogen) atoms. The Morgan fingerprint density at radius 2 is 2.00 bits per heavy atom. The van der Waals surface area contributed by atoms with E-state index in [-0.39, 0.29) is 17.1 Å². The Hall–Kier alpha value is -2.14. The number of aryl methyl sites for hydroxylation is 1. The predicted octanol–water partition coefficient (Wildman–Crippen LogP) is 3.72. The number of nitrogens with zero attached hydrogens (tertiary/aromatic N) is 2. The molecular weight excluding hydrogens is 256 g/mol. The van der Waals surface area contributed by atoms with Gasteiger partial charge in [0, 0.05) is 5.02 Å². The summed E-state index contributed by atoms with van der Waals surface area (Å²) in [6, 6.07) is 7.07. The molecule has 0 aliphatic rings. The molecule has 0 radical (unpaired) electrons. The first-order chi connectivity index (χ1) is 8.58. The molecule has 2 rings (SSSR count). The second kappa shape index (κ2) is 5.01. The van der Waals surface area contributed by atoms with Crippen molar-refractivity contribution in [3.05, 3.63) is 56.4 Å². The monoisotopic (exact) mass is 264 g/mol. The SMILES string of the molecule is Cc1noc(C=Cc2ccc(Cl)cc2)c1[N+](=O)[O-]. The molecule has 0 saturated heterocycles. The molecule has 6 heteroatoms. The number of halogens is 1. The maximum atomic E-state index is 10.8. The highest BCUT2D eigenvalue weighted by Gasteiger charge is 2.21. The molecule has 2 aromatic rings. The molecule has 0 spiro atoms. The Morgan fingerprint density at radius 3 is 2.61 bits per heavy atom. The predicted molar refractivity (Wildman–Crippen MR) is 68.3 cm³/mol. The summed E-state index contributed by atoms with van der Waals surface area (Å²) in [6.07, 6.45) is 3.21. The molecule has 0 unspecified atom stereocenters. The van der Waals surface area contributed by atoms with Crippen LogP contribution in [0.15, 0.2) is 28.8 Å². The fourth-order valence-corrected chi connectivity index (χ4v) is 1.59. The summed E-state index contributed by atoms with van der Waals surface area (Å²) in [4.78, 5) is 10.3. The van der Waals surface area contributed by atoms with Gasteiger partial charge in [0.15, 0.2) is 5.69 Å². The summed E-state index contributed by atoms with van der Waals surface area (Å²) in [5, 5.41) is 15.0. The third-order valence-electron chi connectivity index (χ3n) is 2.34. The van der Waals surface area contributed by atoms with Crippen LogP contribution in [-0.4, -0.2) is 10.1 Å². The summed E-state index contributed by atoms with van der Waals surface area (Å²) in [7, 11) is 0. The normalized spacial score (nSPS) is 11.0. The standard InChI is InChI=1S/C12H9ClN2O3/c1-8-12(15(16)17)11(18-14-8)7-4-9-2-5-10(13)6-3-9/h2-7H,1H3. The largest absolute Gasteiger partial charge is 0.349 e. The quantitative estimate of drug-likeness (QED) is 0.626. The number of aromatic nitrogens is 1. The number of hydrogen-bond acceptors (Lipinski definition) is 4. The van der Waals surface area contributed by atoms with Gasteiger partial charge < -0.3 is 4.52 Å². The van der Waals surface area contributed by atoms with Crippen LogP contribution in [0.3, 0.4) is 0 Å². The molecular formula is C12H9ClN2O3.